The van der Waals surface area contributed by atoms with Crippen LogP contribution in [0.25, 0.3) is 0 Å². The second-order valence-corrected chi connectivity index (χ2v) is 5.92. The monoisotopic (exact) mass is 283 g/mol. The molecule has 0 spiro atoms. The number of fused-ring (bicyclic) bond motifs is 1. The zero-order chi connectivity index (χ0) is 15.0. The topological polar surface area (TPSA) is 55.5 Å². The van der Waals surface area contributed by atoms with Crippen LogP contribution in [-0.4, -0.2) is 11.2 Å². The van der Waals surface area contributed by atoms with Gasteiger partial charge in [0.05, 0.1) is 6.10 Å². The molecular weight excluding hydrogens is 262 g/mol. The highest BCUT2D eigenvalue weighted by Gasteiger charge is 2.43. The van der Waals surface area contributed by atoms with Crippen LogP contribution >= 0.6 is 0 Å². The summed E-state index contributed by atoms with van der Waals surface area (Å²) in [4.78, 5) is 0. The van der Waals surface area contributed by atoms with E-state index in [2.05, 4.69) is 0 Å². The first-order chi connectivity index (χ1) is 10.0. The molecule has 0 saturated heterocycles. The van der Waals surface area contributed by atoms with Gasteiger partial charge >= 0.3 is 0 Å². The lowest BCUT2D eigenvalue weighted by Crippen LogP contribution is -2.26. The van der Waals surface area contributed by atoms with Crippen LogP contribution in [0.3, 0.4) is 0 Å². The summed E-state index contributed by atoms with van der Waals surface area (Å²) in [5, 5.41) is 11.3. The van der Waals surface area contributed by atoms with Crippen molar-refractivity contribution in [3.05, 3.63) is 65.2 Å². The molecular formula is C18H21NO2. The number of ether oxygens (including phenoxy) is 1. The fourth-order valence-corrected chi connectivity index (χ4v) is 3.16. The molecule has 0 aromatic heterocycles. The van der Waals surface area contributed by atoms with E-state index in [-0.39, 0.29) is 12.1 Å². The summed E-state index contributed by atoms with van der Waals surface area (Å²) in [5.41, 5.74) is 7.82. The van der Waals surface area contributed by atoms with Gasteiger partial charge in [0, 0.05) is 18.0 Å². The first-order valence-corrected chi connectivity index (χ1v) is 7.36. The Morgan fingerprint density at radius 3 is 2.43 bits per heavy atom. The molecule has 2 atom stereocenters. The third kappa shape index (κ3) is 2.33. The molecule has 2 aromatic carbocycles. The maximum atomic E-state index is 11.3. The molecule has 2 aromatic rings. The fourth-order valence-electron chi connectivity index (χ4n) is 3.16. The molecule has 0 radical (unpaired) electrons. The minimum Gasteiger partial charge on any atom is -0.491 e. The maximum Gasteiger partial charge on any atom is 0.126 e. The number of hydrogen-bond acceptors (Lipinski definition) is 3. The van der Waals surface area contributed by atoms with Gasteiger partial charge in [-0.2, -0.15) is 0 Å². The predicted octanol–water partition coefficient (Wildman–Crippen LogP) is 3.11. The second-order valence-electron chi connectivity index (χ2n) is 5.92. The molecule has 1 aliphatic rings. The van der Waals surface area contributed by atoms with Crippen LogP contribution < -0.4 is 10.5 Å². The van der Waals surface area contributed by atoms with E-state index in [4.69, 9.17) is 10.5 Å². The summed E-state index contributed by atoms with van der Waals surface area (Å²) in [6.45, 7) is 3.96. The van der Waals surface area contributed by atoms with Gasteiger partial charge in [-0.25, -0.2) is 0 Å². The van der Waals surface area contributed by atoms with Crippen molar-refractivity contribution in [2.75, 3.05) is 0 Å². The van der Waals surface area contributed by atoms with Gasteiger partial charge in [0.2, 0.25) is 0 Å². The Morgan fingerprint density at radius 2 is 1.71 bits per heavy atom. The standard InChI is InChI=1S/C18H21NO2/c1-12(2)21-17-10-6-5-9-15(17)18(20)11-16(19)13-7-3-4-8-14(13)18/h3-10,12,16,20H,11,19H2,1-2H3. The number of para-hydroxylation sites is 1. The van der Waals surface area contributed by atoms with Gasteiger partial charge in [-0.05, 0) is 31.0 Å². The van der Waals surface area contributed by atoms with Crippen molar-refractivity contribution in [1.29, 1.82) is 0 Å². The van der Waals surface area contributed by atoms with Crippen LogP contribution in [-0.2, 0) is 5.60 Å². The molecule has 2 unspecified atom stereocenters. The lowest BCUT2D eigenvalue weighted by Gasteiger charge is -2.27. The van der Waals surface area contributed by atoms with Gasteiger partial charge in [0.1, 0.15) is 11.4 Å². The van der Waals surface area contributed by atoms with Crippen molar-refractivity contribution in [3.8, 4) is 5.75 Å². The molecule has 0 saturated carbocycles. The van der Waals surface area contributed by atoms with E-state index in [1.165, 1.54) is 0 Å². The molecule has 3 heteroatoms. The Hall–Kier alpha value is -1.84. The van der Waals surface area contributed by atoms with E-state index in [1.807, 2.05) is 62.4 Å². The van der Waals surface area contributed by atoms with Crippen LogP contribution in [0.2, 0.25) is 0 Å². The molecule has 0 amide bonds. The molecule has 110 valence electrons. The smallest absolute Gasteiger partial charge is 0.126 e. The highest BCUT2D eigenvalue weighted by atomic mass is 16.5. The van der Waals surface area contributed by atoms with Crippen LogP contribution in [0.15, 0.2) is 48.5 Å². The zero-order valence-electron chi connectivity index (χ0n) is 12.4. The third-order valence-corrected chi connectivity index (χ3v) is 4.02. The van der Waals surface area contributed by atoms with E-state index in [0.717, 1.165) is 22.4 Å². The lowest BCUT2D eigenvalue weighted by molar-refractivity contribution is 0.0724. The van der Waals surface area contributed by atoms with Crippen LogP contribution in [0.1, 0.15) is 43.0 Å². The summed E-state index contributed by atoms with van der Waals surface area (Å²) in [5.74, 6) is 0.721. The molecule has 0 aliphatic heterocycles. The molecule has 3 nitrogen and oxygen atoms in total. The van der Waals surface area contributed by atoms with Gasteiger partial charge in [-0.1, -0.05) is 42.5 Å². The minimum absolute atomic E-state index is 0.0556. The van der Waals surface area contributed by atoms with Crippen molar-refractivity contribution in [2.24, 2.45) is 5.73 Å². The SMILES string of the molecule is CC(C)Oc1ccccc1C1(O)CC(N)c2ccccc21. The van der Waals surface area contributed by atoms with E-state index >= 15 is 0 Å². The van der Waals surface area contributed by atoms with Gasteiger partial charge in [0.15, 0.2) is 0 Å². The van der Waals surface area contributed by atoms with Crippen molar-refractivity contribution in [3.63, 3.8) is 0 Å². The van der Waals surface area contributed by atoms with Crippen molar-refractivity contribution in [1.82, 2.24) is 0 Å². The predicted molar refractivity (Wildman–Crippen MR) is 83.2 cm³/mol. The third-order valence-electron chi connectivity index (χ3n) is 4.02. The summed E-state index contributed by atoms with van der Waals surface area (Å²) in [6.07, 6.45) is 0.533. The Bertz CT molecular complexity index is 653. The van der Waals surface area contributed by atoms with Gasteiger partial charge in [0.25, 0.3) is 0 Å². The Labute approximate surface area is 125 Å². The summed E-state index contributed by atoms with van der Waals surface area (Å²) in [6, 6.07) is 15.4. The van der Waals surface area contributed by atoms with Gasteiger partial charge in [-0.15, -0.1) is 0 Å². The van der Waals surface area contributed by atoms with Gasteiger partial charge < -0.3 is 15.6 Å². The Kier molecular flexibility index (Phi) is 3.47. The average molecular weight is 283 g/mol. The number of nitrogens with two attached hydrogens (primary N) is 1. The quantitative estimate of drug-likeness (QED) is 0.910. The molecule has 21 heavy (non-hydrogen) atoms. The van der Waals surface area contributed by atoms with Crippen LogP contribution in [0.4, 0.5) is 0 Å². The lowest BCUT2D eigenvalue weighted by atomic mass is 9.87. The minimum atomic E-state index is -1.08. The normalized spacial score (nSPS) is 24.1. The first-order valence-electron chi connectivity index (χ1n) is 7.36. The molecule has 3 rings (SSSR count). The maximum absolute atomic E-state index is 11.3. The Balaban J connectivity index is 2.13. The molecule has 1 aliphatic carbocycles. The van der Waals surface area contributed by atoms with Crippen molar-refractivity contribution < 1.29 is 9.84 Å². The highest BCUT2D eigenvalue weighted by molar-refractivity contribution is 5.51. The largest absolute Gasteiger partial charge is 0.491 e. The van der Waals surface area contributed by atoms with Crippen molar-refractivity contribution in [2.45, 2.75) is 38.0 Å². The number of hydrogen-bond donors (Lipinski definition) is 2. The average Bonchev–Trinajstić information content (AvgIpc) is 2.72. The second kappa shape index (κ2) is 5.17. The van der Waals surface area contributed by atoms with E-state index in [9.17, 15) is 5.11 Å². The summed E-state index contributed by atoms with van der Waals surface area (Å²) >= 11 is 0. The number of rotatable bonds is 3. The van der Waals surface area contributed by atoms with Gasteiger partial charge in [-0.3, -0.25) is 0 Å². The summed E-state index contributed by atoms with van der Waals surface area (Å²) in [7, 11) is 0. The van der Waals surface area contributed by atoms with E-state index < -0.39 is 5.60 Å². The fraction of sp³-hybridized carbons (Fsp3) is 0.333. The summed E-state index contributed by atoms with van der Waals surface area (Å²) < 4.78 is 5.87. The Morgan fingerprint density at radius 1 is 1.10 bits per heavy atom. The molecule has 0 heterocycles. The van der Waals surface area contributed by atoms with E-state index in [1.54, 1.807) is 0 Å². The van der Waals surface area contributed by atoms with Crippen LogP contribution in [0.5, 0.6) is 5.75 Å². The van der Waals surface area contributed by atoms with E-state index in [0.29, 0.717) is 6.42 Å². The van der Waals surface area contributed by atoms with Crippen molar-refractivity contribution >= 4 is 0 Å². The highest BCUT2D eigenvalue weighted by Crippen LogP contribution is 2.48. The number of aliphatic hydroxyl groups is 1. The molecule has 0 bridgehead atoms. The molecule has 0 fully saturated rings. The van der Waals surface area contributed by atoms with Crippen LogP contribution in [0, 0.1) is 0 Å². The number of benzene rings is 2. The zero-order valence-corrected chi connectivity index (χ0v) is 12.4. The molecule has 3 N–H and O–H groups in total. The first kappa shape index (κ1) is 14.1.